The minimum atomic E-state index is -0.372. The number of fused-ring (bicyclic) bond motifs is 1. The van der Waals surface area contributed by atoms with Crippen molar-refractivity contribution in [2.45, 2.75) is 77.2 Å². The van der Waals surface area contributed by atoms with E-state index in [1.54, 1.807) is 0 Å². The Balaban J connectivity index is 1.14. The van der Waals surface area contributed by atoms with Gasteiger partial charge in [0.1, 0.15) is 0 Å². The molecule has 0 amide bonds. The summed E-state index contributed by atoms with van der Waals surface area (Å²) in [5, 5.41) is 3.78. The first-order chi connectivity index (χ1) is 15.1. The van der Waals surface area contributed by atoms with Crippen LogP contribution >= 0.6 is 0 Å². The fraction of sp³-hybridized carbons (Fsp3) is 0.519. The maximum absolute atomic E-state index is 11.4. The van der Waals surface area contributed by atoms with Crippen molar-refractivity contribution >= 4 is 11.1 Å². The zero-order valence-corrected chi connectivity index (χ0v) is 19.0. The second kappa shape index (κ2) is 10.3. The van der Waals surface area contributed by atoms with Gasteiger partial charge in [-0.05, 0) is 98.6 Å². The number of aryl methyl sites for hydroxylation is 1. The number of aromatic nitrogens is 1. The predicted octanol–water partition coefficient (Wildman–Crippen LogP) is 5.96. The molecule has 0 saturated heterocycles. The Morgan fingerprint density at radius 2 is 1.74 bits per heavy atom. The molecule has 0 unspecified atom stereocenters. The molecule has 1 aliphatic carbocycles. The number of benzene rings is 2. The molecule has 1 heterocycles. The molecule has 1 aromatic heterocycles. The number of rotatable bonds is 9. The Kier molecular flexibility index (Phi) is 7.29. The quantitative estimate of drug-likeness (QED) is 0.420. The lowest BCUT2D eigenvalue weighted by molar-refractivity contribution is 0.341. The molecule has 4 rings (SSSR count). The van der Waals surface area contributed by atoms with Crippen molar-refractivity contribution in [1.29, 1.82) is 0 Å². The number of aromatic amines is 1. The molecule has 2 aromatic carbocycles. The zero-order valence-electron chi connectivity index (χ0n) is 19.0. The third-order valence-corrected chi connectivity index (χ3v) is 6.64. The fourth-order valence-electron chi connectivity index (χ4n) is 4.92. The Morgan fingerprint density at radius 3 is 2.48 bits per heavy atom. The molecule has 0 spiro atoms. The summed E-state index contributed by atoms with van der Waals surface area (Å²) >= 11 is 0. The fourth-order valence-corrected chi connectivity index (χ4v) is 4.92. The number of unbranched alkanes of at least 4 members (excludes halogenated alkanes) is 1. The van der Waals surface area contributed by atoms with E-state index in [1.165, 1.54) is 68.1 Å². The van der Waals surface area contributed by atoms with E-state index in [1.807, 2.05) is 12.1 Å². The molecule has 2 N–H and O–H groups in total. The van der Waals surface area contributed by atoms with E-state index in [0.29, 0.717) is 17.5 Å². The molecular formula is C27H36N2O2. The van der Waals surface area contributed by atoms with Crippen LogP contribution in [0.15, 0.2) is 51.7 Å². The highest BCUT2D eigenvalue weighted by atomic mass is 16.4. The van der Waals surface area contributed by atoms with E-state index in [0.717, 1.165) is 18.0 Å². The average Bonchev–Trinajstić information content (AvgIpc) is 3.14. The van der Waals surface area contributed by atoms with Crippen LogP contribution < -0.4 is 11.1 Å². The molecule has 0 atom stereocenters. The van der Waals surface area contributed by atoms with Gasteiger partial charge in [-0.3, -0.25) is 4.98 Å². The van der Waals surface area contributed by atoms with Gasteiger partial charge in [0, 0.05) is 6.04 Å². The van der Waals surface area contributed by atoms with E-state index >= 15 is 0 Å². The maximum atomic E-state index is 11.4. The van der Waals surface area contributed by atoms with Gasteiger partial charge >= 0.3 is 5.76 Å². The average molecular weight is 421 g/mol. The highest BCUT2D eigenvalue weighted by Gasteiger charge is 2.22. The van der Waals surface area contributed by atoms with Crippen LogP contribution in [0.3, 0.4) is 0 Å². The zero-order chi connectivity index (χ0) is 21.6. The first-order valence-corrected chi connectivity index (χ1v) is 12.0. The third kappa shape index (κ3) is 6.10. The van der Waals surface area contributed by atoms with Gasteiger partial charge in [0.05, 0.1) is 5.52 Å². The standard InChI is InChI=1S/C27H36N2O2/c1-19(2)17-21-8-6-20(7-9-21)5-3-4-16-28-24-13-10-22(11-14-24)23-12-15-25-26(18-23)31-27(30)29-25/h6-9,12,15,18-19,22,24,28H,3-5,10-11,13-14,16-17H2,1-2H3,(H,29,30). The van der Waals surface area contributed by atoms with E-state index in [-0.39, 0.29) is 5.76 Å². The molecule has 0 aliphatic heterocycles. The van der Waals surface area contributed by atoms with Crippen molar-refractivity contribution in [3.63, 3.8) is 0 Å². The van der Waals surface area contributed by atoms with Crippen molar-refractivity contribution < 1.29 is 4.42 Å². The first kappa shape index (κ1) is 21.9. The van der Waals surface area contributed by atoms with Crippen LogP contribution in [0.1, 0.15) is 75.0 Å². The van der Waals surface area contributed by atoms with E-state index in [2.05, 4.69) is 54.5 Å². The van der Waals surface area contributed by atoms with Gasteiger partial charge in [0.25, 0.3) is 0 Å². The summed E-state index contributed by atoms with van der Waals surface area (Å²) in [5.74, 6) is 0.918. The van der Waals surface area contributed by atoms with Gasteiger partial charge in [0.15, 0.2) is 5.58 Å². The topological polar surface area (TPSA) is 58.0 Å². The van der Waals surface area contributed by atoms with Crippen molar-refractivity contribution in [2.24, 2.45) is 5.92 Å². The van der Waals surface area contributed by atoms with Crippen molar-refractivity contribution in [3.05, 3.63) is 69.7 Å². The summed E-state index contributed by atoms with van der Waals surface area (Å²) in [6, 6.07) is 16.0. The molecule has 4 nitrogen and oxygen atoms in total. The van der Waals surface area contributed by atoms with Gasteiger partial charge < -0.3 is 9.73 Å². The number of hydrogen-bond donors (Lipinski definition) is 2. The van der Waals surface area contributed by atoms with Crippen molar-refractivity contribution in [1.82, 2.24) is 10.3 Å². The van der Waals surface area contributed by atoms with Gasteiger partial charge in [-0.1, -0.05) is 44.2 Å². The smallest absolute Gasteiger partial charge is 0.408 e. The Hall–Kier alpha value is -2.33. The van der Waals surface area contributed by atoms with Crippen LogP contribution in [0.4, 0.5) is 0 Å². The molecular weight excluding hydrogens is 384 g/mol. The maximum Gasteiger partial charge on any atom is 0.417 e. The molecule has 4 heteroatoms. The Bertz CT molecular complexity index is 1010. The number of H-pyrrole nitrogens is 1. The summed E-state index contributed by atoms with van der Waals surface area (Å²) < 4.78 is 5.23. The van der Waals surface area contributed by atoms with Crippen LogP contribution in [-0.4, -0.2) is 17.6 Å². The van der Waals surface area contributed by atoms with Gasteiger partial charge in [-0.25, -0.2) is 4.79 Å². The van der Waals surface area contributed by atoms with Crippen LogP contribution in [0.5, 0.6) is 0 Å². The summed E-state index contributed by atoms with van der Waals surface area (Å²) in [4.78, 5) is 14.1. The minimum absolute atomic E-state index is 0.372. The van der Waals surface area contributed by atoms with Gasteiger partial charge in [0.2, 0.25) is 0 Å². The van der Waals surface area contributed by atoms with Crippen molar-refractivity contribution in [2.75, 3.05) is 6.54 Å². The Labute approximate surface area is 185 Å². The molecule has 3 aromatic rings. The molecule has 166 valence electrons. The van der Waals surface area contributed by atoms with Crippen LogP contribution in [0.25, 0.3) is 11.1 Å². The number of nitrogens with one attached hydrogen (secondary N) is 2. The van der Waals surface area contributed by atoms with Crippen LogP contribution in [0.2, 0.25) is 0 Å². The largest absolute Gasteiger partial charge is 0.417 e. The predicted molar refractivity (Wildman–Crippen MR) is 128 cm³/mol. The minimum Gasteiger partial charge on any atom is -0.408 e. The summed E-state index contributed by atoms with van der Waals surface area (Å²) in [7, 11) is 0. The van der Waals surface area contributed by atoms with Crippen molar-refractivity contribution in [3.8, 4) is 0 Å². The second-order valence-corrected chi connectivity index (χ2v) is 9.64. The van der Waals surface area contributed by atoms with E-state index in [9.17, 15) is 4.79 Å². The highest BCUT2D eigenvalue weighted by Crippen LogP contribution is 2.34. The molecule has 1 aliphatic rings. The van der Waals surface area contributed by atoms with E-state index < -0.39 is 0 Å². The summed E-state index contributed by atoms with van der Waals surface area (Å²) in [5.41, 5.74) is 5.68. The molecule has 0 bridgehead atoms. The third-order valence-electron chi connectivity index (χ3n) is 6.64. The molecule has 0 radical (unpaired) electrons. The van der Waals surface area contributed by atoms with Crippen LogP contribution in [-0.2, 0) is 12.8 Å². The first-order valence-electron chi connectivity index (χ1n) is 12.0. The highest BCUT2D eigenvalue weighted by molar-refractivity contribution is 5.72. The lowest BCUT2D eigenvalue weighted by Crippen LogP contribution is -2.33. The Morgan fingerprint density at radius 1 is 1.00 bits per heavy atom. The summed E-state index contributed by atoms with van der Waals surface area (Å²) in [6.45, 7) is 5.66. The van der Waals surface area contributed by atoms with Gasteiger partial charge in [-0.15, -0.1) is 0 Å². The monoisotopic (exact) mass is 420 g/mol. The molecule has 1 fully saturated rings. The normalized spacial score (nSPS) is 19.3. The molecule has 31 heavy (non-hydrogen) atoms. The summed E-state index contributed by atoms with van der Waals surface area (Å²) in [6.07, 6.45) is 9.65. The number of hydrogen-bond acceptors (Lipinski definition) is 3. The van der Waals surface area contributed by atoms with Crippen LogP contribution in [0, 0.1) is 5.92 Å². The van der Waals surface area contributed by atoms with E-state index in [4.69, 9.17) is 4.42 Å². The lowest BCUT2D eigenvalue weighted by atomic mass is 9.81. The number of oxazole rings is 1. The second-order valence-electron chi connectivity index (χ2n) is 9.64. The van der Waals surface area contributed by atoms with Gasteiger partial charge in [-0.2, -0.15) is 0 Å². The molecule has 1 saturated carbocycles. The lowest BCUT2D eigenvalue weighted by Gasteiger charge is -2.29. The SMILES string of the molecule is CC(C)Cc1ccc(CCCCNC2CCC(c3ccc4[nH]c(=O)oc4c3)CC2)cc1.